The molecule has 0 radical (unpaired) electrons. The standard InChI is InChI=1S/C12H12F3N7/c13-12(14,15)6-1-8-10(19-2-6)20-11(9(18)22(8)5-16)21-3-7(17)4-21/h1-2,5,7,16,18H,3-4,17H2. The topological polar surface area (TPSA) is 108 Å². The van der Waals surface area contributed by atoms with Gasteiger partial charge in [0.2, 0.25) is 0 Å². The van der Waals surface area contributed by atoms with E-state index in [1.165, 1.54) is 0 Å². The van der Waals surface area contributed by atoms with Gasteiger partial charge in [-0.2, -0.15) is 13.2 Å². The van der Waals surface area contributed by atoms with Crippen molar-refractivity contribution in [3.8, 4) is 0 Å². The predicted molar refractivity (Wildman–Crippen MR) is 72.8 cm³/mol. The first-order valence-corrected chi connectivity index (χ1v) is 6.36. The first kappa shape index (κ1) is 14.4. The lowest BCUT2D eigenvalue weighted by Crippen LogP contribution is -2.57. The Balaban J connectivity index is 2.22. The number of halogens is 3. The Morgan fingerprint density at radius 3 is 2.59 bits per heavy atom. The molecular formula is C12H12F3N7. The molecule has 2 aromatic rings. The maximum Gasteiger partial charge on any atom is 0.417 e. The minimum Gasteiger partial charge on any atom is -0.350 e. The second-order valence-corrected chi connectivity index (χ2v) is 5.01. The fourth-order valence-electron chi connectivity index (χ4n) is 2.29. The second-order valence-electron chi connectivity index (χ2n) is 5.01. The maximum atomic E-state index is 12.8. The lowest BCUT2D eigenvalue weighted by Gasteiger charge is -2.37. The summed E-state index contributed by atoms with van der Waals surface area (Å²) in [6.07, 6.45) is -3.08. The fraction of sp³-hybridized carbons (Fsp3) is 0.333. The molecule has 3 rings (SSSR count). The minimum atomic E-state index is -4.55. The molecule has 1 aliphatic rings. The van der Waals surface area contributed by atoms with Gasteiger partial charge in [-0.05, 0) is 6.07 Å². The van der Waals surface area contributed by atoms with Crippen molar-refractivity contribution in [2.24, 2.45) is 5.73 Å². The number of nitrogens with one attached hydrogen (secondary N) is 2. The van der Waals surface area contributed by atoms with Crippen molar-refractivity contribution >= 4 is 23.3 Å². The Hall–Kier alpha value is -2.49. The van der Waals surface area contributed by atoms with Crippen molar-refractivity contribution in [3.05, 3.63) is 23.3 Å². The van der Waals surface area contributed by atoms with E-state index in [0.717, 1.165) is 17.0 Å². The summed E-state index contributed by atoms with van der Waals surface area (Å²) < 4.78 is 39.3. The van der Waals surface area contributed by atoms with E-state index < -0.39 is 11.7 Å². The van der Waals surface area contributed by atoms with E-state index >= 15 is 0 Å². The summed E-state index contributed by atoms with van der Waals surface area (Å²) in [5.74, 6) is 0.255. The number of rotatable bonds is 2. The third-order valence-corrected chi connectivity index (χ3v) is 3.44. The smallest absolute Gasteiger partial charge is 0.350 e. The van der Waals surface area contributed by atoms with Crippen molar-refractivity contribution in [1.29, 1.82) is 10.8 Å². The van der Waals surface area contributed by atoms with Gasteiger partial charge in [-0.15, -0.1) is 0 Å². The average molecular weight is 311 g/mol. The van der Waals surface area contributed by atoms with Gasteiger partial charge in [0.05, 0.1) is 17.4 Å². The molecule has 0 atom stereocenters. The summed E-state index contributed by atoms with van der Waals surface area (Å²) in [6.45, 7) is 1.01. The van der Waals surface area contributed by atoms with E-state index in [2.05, 4.69) is 9.97 Å². The van der Waals surface area contributed by atoms with Crippen molar-refractivity contribution in [1.82, 2.24) is 14.5 Å². The Morgan fingerprint density at radius 1 is 1.36 bits per heavy atom. The highest BCUT2D eigenvalue weighted by Crippen LogP contribution is 2.30. The van der Waals surface area contributed by atoms with Crippen molar-refractivity contribution in [2.45, 2.75) is 12.2 Å². The number of pyridine rings is 1. The number of fused-ring (bicyclic) bond motifs is 1. The van der Waals surface area contributed by atoms with Crippen LogP contribution < -0.4 is 16.1 Å². The summed E-state index contributed by atoms with van der Waals surface area (Å²) in [7, 11) is 0. The maximum absolute atomic E-state index is 12.8. The minimum absolute atomic E-state index is 0.0223. The van der Waals surface area contributed by atoms with Crippen LogP contribution in [-0.2, 0) is 6.18 Å². The molecule has 0 spiro atoms. The average Bonchev–Trinajstić information content (AvgIpc) is 2.42. The van der Waals surface area contributed by atoms with Gasteiger partial charge in [-0.3, -0.25) is 15.4 Å². The molecule has 0 amide bonds. The fourth-order valence-corrected chi connectivity index (χ4v) is 2.29. The summed E-state index contributed by atoms with van der Waals surface area (Å²) in [6, 6.07) is 0.815. The van der Waals surface area contributed by atoms with Crippen LogP contribution in [-0.4, -0.2) is 40.0 Å². The number of alkyl halides is 3. The zero-order valence-electron chi connectivity index (χ0n) is 11.2. The zero-order valence-corrected chi connectivity index (χ0v) is 11.2. The molecule has 0 aromatic carbocycles. The molecule has 1 saturated heterocycles. The molecule has 0 aliphatic carbocycles. The van der Waals surface area contributed by atoms with Crippen molar-refractivity contribution in [2.75, 3.05) is 18.0 Å². The lowest BCUT2D eigenvalue weighted by atomic mass is 10.1. The monoisotopic (exact) mass is 311 g/mol. The Kier molecular flexibility index (Phi) is 3.13. The number of nitrogens with two attached hydrogens (primary N) is 1. The van der Waals surface area contributed by atoms with Gasteiger partial charge in [0.15, 0.2) is 17.0 Å². The van der Waals surface area contributed by atoms with Crippen molar-refractivity contribution in [3.63, 3.8) is 0 Å². The van der Waals surface area contributed by atoms with Crippen LogP contribution in [0, 0.1) is 10.8 Å². The lowest BCUT2D eigenvalue weighted by molar-refractivity contribution is -0.137. The molecule has 4 N–H and O–H groups in total. The van der Waals surface area contributed by atoms with Crippen LogP contribution in [0.2, 0.25) is 0 Å². The highest BCUT2D eigenvalue weighted by Gasteiger charge is 2.32. The molecule has 7 nitrogen and oxygen atoms in total. The Morgan fingerprint density at radius 2 is 2.05 bits per heavy atom. The van der Waals surface area contributed by atoms with E-state index in [1.54, 1.807) is 4.90 Å². The second kappa shape index (κ2) is 4.77. The highest BCUT2D eigenvalue weighted by molar-refractivity contribution is 5.80. The normalized spacial score (nSPS) is 15.9. The van der Waals surface area contributed by atoms with Crippen LogP contribution in [0.3, 0.4) is 0 Å². The van der Waals surface area contributed by atoms with Gasteiger partial charge in [0, 0.05) is 25.3 Å². The molecule has 0 unspecified atom stereocenters. The van der Waals surface area contributed by atoms with Crippen LogP contribution >= 0.6 is 0 Å². The van der Waals surface area contributed by atoms with Crippen LogP contribution in [0.4, 0.5) is 19.0 Å². The van der Waals surface area contributed by atoms with E-state index in [0.29, 0.717) is 19.3 Å². The number of aromatic nitrogens is 3. The Bertz CT molecular complexity index is 805. The molecule has 116 valence electrons. The van der Waals surface area contributed by atoms with E-state index in [-0.39, 0.29) is 28.5 Å². The van der Waals surface area contributed by atoms with Crippen molar-refractivity contribution < 1.29 is 13.2 Å². The molecule has 22 heavy (non-hydrogen) atoms. The molecule has 2 aromatic heterocycles. The van der Waals surface area contributed by atoms with E-state index in [4.69, 9.17) is 16.6 Å². The third-order valence-electron chi connectivity index (χ3n) is 3.44. The van der Waals surface area contributed by atoms with Gasteiger partial charge >= 0.3 is 6.18 Å². The molecule has 0 saturated carbocycles. The summed E-state index contributed by atoms with van der Waals surface area (Å²) >= 11 is 0. The molecule has 10 heteroatoms. The van der Waals surface area contributed by atoms with Gasteiger partial charge in [0.25, 0.3) is 0 Å². The van der Waals surface area contributed by atoms with E-state index in [9.17, 15) is 13.2 Å². The quantitative estimate of drug-likeness (QED) is 0.555. The summed E-state index contributed by atoms with van der Waals surface area (Å²) in [5.41, 5.74) is 4.57. The molecule has 3 heterocycles. The number of hydrogen-bond donors (Lipinski definition) is 3. The predicted octanol–water partition coefficient (Wildman–Crippen LogP) is 0.532. The molecular weight excluding hydrogens is 299 g/mol. The van der Waals surface area contributed by atoms with Gasteiger partial charge in [-0.25, -0.2) is 9.97 Å². The summed E-state index contributed by atoms with van der Waals surface area (Å²) in [4.78, 5) is 9.59. The number of anilines is 1. The van der Waals surface area contributed by atoms with E-state index in [1.807, 2.05) is 0 Å². The number of nitrogens with zero attached hydrogens (tertiary/aromatic N) is 4. The van der Waals surface area contributed by atoms with Gasteiger partial charge < -0.3 is 10.6 Å². The first-order valence-electron chi connectivity index (χ1n) is 6.36. The SMILES string of the molecule is N=Cn1c(=N)c(N2CC(N)C2)nc2ncc(C(F)(F)F)cc21. The van der Waals surface area contributed by atoms with Crippen LogP contribution in [0.15, 0.2) is 12.3 Å². The summed E-state index contributed by atoms with van der Waals surface area (Å²) in [5, 5.41) is 15.4. The molecule has 0 bridgehead atoms. The molecule has 1 aliphatic heterocycles. The van der Waals surface area contributed by atoms with Gasteiger partial charge in [-0.1, -0.05) is 0 Å². The van der Waals surface area contributed by atoms with Crippen LogP contribution in [0.5, 0.6) is 0 Å². The third kappa shape index (κ3) is 2.21. The number of hydrogen-bond acceptors (Lipinski definition) is 6. The van der Waals surface area contributed by atoms with Crippen LogP contribution in [0.25, 0.3) is 11.2 Å². The first-order chi connectivity index (χ1) is 10.3. The van der Waals surface area contributed by atoms with Crippen LogP contribution in [0.1, 0.15) is 5.56 Å². The largest absolute Gasteiger partial charge is 0.417 e. The molecule has 1 fully saturated rings. The Labute approximate surface area is 122 Å². The van der Waals surface area contributed by atoms with Gasteiger partial charge in [0.1, 0.15) is 0 Å². The zero-order chi connectivity index (χ0) is 16.1. The highest BCUT2D eigenvalue weighted by atomic mass is 19.4.